The van der Waals surface area contributed by atoms with E-state index in [2.05, 4.69) is 10.7 Å². The number of hydroxylamine groups is 1. The summed E-state index contributed by atoms with van der Waals surface area (Å²) >= 11 is 0. The van der Waals surface area contributed by atoms with Crippen LogP contribution in [-0.4, -0.2) is 43.6 Å². The molecular formula is C24H28N4O6S. The van der Waals surface area contributed by atoms with Crippen molar-refractivity contribution in [2.75, 3.05) is 12.3 Å². The van der Waals surface area contributed by atoms with Crippen LogP contribution in [0, 0.1) is 5.92 Å². The van der Waals surface area contributed by atoms with Crippen LogP contribution in [0.25, 0.3) is 0 Å². The fourth-order valence-electron chi connectivity index (χ4n) is 3.69. The summed E-state index contributed by atoms with van der Waals surface area (Å²) in [5.41, 5.74) is 9.41. The number of nitrogens with two attached hydrogens (primary N) is 1. The third kappa shape index (κ3) is 8.14. The second-order valence-corrected chi connectivity index (χ2v) is 10.2. The summed E-state index contributed by atoms with van der Waals surface area (Å²) < 4.78 is 24.0. The van der Waals surface area contributed by atoms with E-state index in [0.29, 0.717) is 36.9 Å². The Labute approximate surface area is 204 Å². The minimum atomic E-state index is -3.71. The zero-order chi connectivity index (χ0) is 25.3. The summed E-state index contributed by atoms with van der Waals surface area (Å²) in [6.45, 7) is 0.328. The molecular weight excluding hydrogens is 472 g/mol. The van der Waals surface area contributed by atoms with Crippen molar-refractivity contribution >= 4 is 27.6 Å². The minimum Gasteiger partial charge on any atom is -0.369 e. The molecule has 0 saturated heterocycles. The van der Waals surface area contributed by atoms with Gasteiger partial charge in [-0.3, -0.25) is 19.8 Å². The first-order valence-corrected chi connectivity index (χ1v) is 12.9. The highest BCUT2D eigenvalue weighted by molar-refractivity contribution is 7.91. The summed E-state index contributed by atoms with van der Waals surface area (Å²) in [5, 5.41) is 3.89. The molecule has 11 heteroatoms. The van der Waals surface area contributed by atoms with Gasteiger partial charge in [-0.15, -0.1) is 0 Å². The summed E-state index contributed by atoms with van der Waals surface area (Å²) in [5.74, 6) is -3.00. The molecule has 0 aliphatic carbocycles. The van der Waals surface area contributed by atoms with Crippen molar-refractivity contribution in [2.45, 2.75) is 25.0 Å². The summed E-state index contributed by atoms with van der Waals surface area (Å²) in [6.07, 6.45) is 4.48. The largest absolute Gasteiger partial charge is 0.369 e. The van der Waals surface area contributed by atoms with Crippen molar-refractivity contribution in [3.8, 4) is 0 Å². The van der Waals surface area contributed by atoms with Crippen LogP contribution < -0.4 is 16.5 Å². The molecule has 0 aromatic heterocycles. The van der Waals surface area contributed by atoms with E-state index in [9.17, 15) is 22.8 Å². The lowest BCUT2D eigenvalue weighted by molar-refractivity contribution is -0.176. The number of hydrogen-bond donors (Lipinski definition) is 3. The third-order valence-electron chi connectivity index (χ3n) is 5.25. The number of benzene rings is 2. The number of nitrogens with one attached hydrogen (secondary N) is 2. The van der Waals surface area contributed by atoms with Crippen LogP contribution >= 0.6 is 0 Å². The fourth-order valence-corrected chi connectivity index (χ4v) is 4.91. The lowest BCUT2D eigenvalue weighted by Gasteiger charge is -2.22. The molecule has 3 rings (SSSR count). The highest BCUT2D eigenvalue weighted by Crippen LogP contribution is 2.18. The number of amides is 3. The van der Waals surface area contributed by atoms with E-state index in [1.54, 1.807) is 18.2 Å². The van der Waals surface area contributed by atoms with Gasteiger partial charge in [-0.1, -0.05) is 47.6 Å². The van der Waals surface area contributed by atoms with Gasteiger partial charge >= 0.3 is 0 Å². The SMILES string of the molecule is NC(=O)CS(=O)(=O)Cc1cccc(C(=O)NCCC[C@@H](Cc2ccccc2)C(=O)N2NC=CO2)c1. The van der Waals surface area contributed by atoms with Crippen LogP contribution in [0.2, 0.25) is 0 Å². The average molecular weight is 501 g/mol. The van der Waals surface area contributed by atoms with Gasteiger partial charge in [0.25, 0.3) is 11.8 Å². The summed E-state index contributed by atoms with van der Waals surface area (Å²) in [6, 6.07) is 15.8. The molecule has 10 nitrogen and oxygen atoms in total. The molecule has 0 spiro atoms. The van der Waals surface area contributed by atoms with Gasteiger partial charge < -0.3 is 15.9 Å². The van der Waals surface area contributed by atoms with Crippen molar-refractivity contribution in [3.05, 3.63) is 83.7 Å². The van der Waals surface area contributed by atoms with E-state index >= 15 is 0 Å². The maximum Gasteiger partial charge on any atom is 0.281 e. The lowest BCUT2D eigenvalue weighted by Crippen LogP contribution is -2.40. The predicted octanol–water partition coefficient (Wildman–Crippen LogP) is 1.21. The van der Waals surface area contributed by atoms with Crippen LogP contribution in [0.15, 0.2) is 67.1 Å². The standard InChI is InChI=1S/C24H28N4O6S/c25-22(29)17-35(32,33)16-19-8-4-9-20(15-19)23(30)26-11-5-10-21(14-18-6-2-1-3-7-18)24(31)28-27-12-13-34-28/h1-4,6-9,12-13,15,21,27H,5,10-11,14,16-17H2,(H2,25,29)(H,26,30)/t21-/m0/s1. The Hall–Kier alpha value is -3.86. The smallest absolute Gasteiger partial charge is 0.281 e. The molecule has 186 valence electrons. The minimum absolute atomic E-state index is 0.213. The average Bonchev–Trinajstić information content (AvgIpc) is 3.35. The molecule has 0 radical (unpaired) electrons. The quantitative estimate of drug-likeness (QED) is 0.371. The van der Waals surface area contributed by atoms with Gasteiger partial charge in [-0.2, -0.15) is 0 Å². The molecule has 0 unspecified atom stereocenters. The first kappa shape index (κ1) is 25.8. The van der Waals surface area contributed by atoms with E-state index in [1.807, 2.05) is 30.3 Å². The van der Waals surface area contributed by atoms with E-state index in [1.165, 1.54) is 18.5 Å². The number of primary amides is 1. The summed E-state index contributed by atoms with van der Waals surface area (Å²) in [4.78, 5) is 41.5. The van der Waals surface area contributed by atoms with Crippen LogP contribution in [0.4, 0.5) is 0 Å². The van der Waals surface area contributed by atoms with Crippen molar-refractivity contribution < 1.29 is 27.6 Å². The Morgan fingerprint density at radius 3 is 2.49 bits per heavy atom. The second kappa shape index (κ2) is 12.0. The topological polar surface area (TPSA) is 148 Å². The molecule has 4 N–H and O–H groups in total. The van der Waals surface area contributed by atoms with Gasteiger partial charge in [0.15, 0.2) is 9.84 Å². The molecule has 1 atom stereocenters. The van der Waals surface area contributed by atoms with Gasteiger partial charge in [-0.25, -0.2) is 8.42 Å². The first-order chi connectivity index (χ1) is 16.7. The zero-order valence-electron chi connectivity index (χ0n) is 19.1. The molecule has 1 aliphatic rings. The van der Waals surface area contributed by atoms with E-state index in [4.69, 9.17) is 10.6 Å². The summed E-state index contributed by atoms with van der Waals surface area (Å²) in [7, 11) is -3.71. The number of sulfone groups is 1. The van der Waals surface area contributed by atoms with Gasteiger partial charge in [0.2, 0.25) is 5.91 Å². The third-order valence-corrected chi connectivity index (χ3v) is 6.75. The Bertz CT molecular complexity index is 1180. The van der Waals surface area contributed by atoms with Crippen molar-refractivity contribution in [1.29, 1.82) is 0 Å². The van der Waals surface area contributed by atoms with Crippen LogP contribution in [0.5, 0.6) is 0 Å². The van der Waals surface area contributed by atoms with Gasteiger partial charge in [0, 0.05) is 18.0 Å². The van der Waals surface area contributed by atoms with Crippen molar-refractivity contribution in [3.63, 3.8) is 0 Å². The van der Waals surface area contributed by atoms with Crippen LogP contribution in [-0.2, 0) is 36.4 Å². The highest BCUT2D eigenvalue weighted by Gasteiger charge is 2.27. The Morgan fingerprint density at radius 1 is 1.06 bits per heavy atom. The number of nitrogens with zero attached hydrogens (tertiary/aromatic N) is 1. The number of rotatable bonds is 12. The predicted molar refractivity (Wildman–Crippen MR) is 129 cm³/mol. The normalized spacial score (nSPS) is 13.5. The first-order valence-electron chi connectivity index (χ1n) is 11.1. The molecule has 2 aromatic carbocycles. The van der Waals surface area contributed by atoms with E-state index in [-0.39, 0.29) is 23.5 Å². The Kier molecular flexibility index (Phi) is 8.85. The molecule has 0 fully saturated rings. The van der Waals surface area contributed by atoms with Gasteiger partial charge in [0.1, 0.15) is 12.0 Å². The zero-order valence-corrected chi connectivity index (χ0v) is 19.9. The lowest BCUT2D eigenvalue weighted by atomic mass is 9.94. The molecule has 0 bridgehead atoms. The van der Waals surface area contributed by atoms with Gasteiger partial charge in [-0.05, 0) is 42.5 Å². The molecule has 1 aliphatic heterocycles. The Balaban J connectivity index is 1.54. The van der Waals surface area contributed by atoms with Crippen LogP contribution in [0.1, 0.15) is 34.3 Å². The Morgan fingerprint density at radius 2 is 1.80 bits per heavy atom. The van der Waals surface area contributed by atoms with E-state index in [0.717, 1.165) is 10.7 Å². The fraction of sp³-hybridized carbons (Fsp3) is 0.292. The maximum atomic E-state index is 12.9. The maximum absolute atomic E-state index is 12.9. The van der Waals surface area contributed by atoms with Crippen LogP contribution in [0.3, 0.4) is 0 Å². The number of hydrazine groups is 1. The molecule has 2 aromatic rings. The molecule has 0 saturated carbocycles. The molecule has 3 amide bonds. The monoisotopic (exact) mass is 500 g/mol. The molecule has 1 heterocycles. The second-order valence-electron chi connectivity index (χ2n) is 8.15. The van der Waals surface area contributed by atoms with Crippen molar-refractivity contribution in [2.24, 2.45) is 11.7 Å². The number of hydrogen-bond acceptors (Lipinski definition) is 7. The highest BCUT2D eigenvalue weighted by atomic mass is 32.2. The number of carbonyl (C=O) groups excluding carboxylic acids is 3. The van der Waals surface area contributed by atoms with E-state index < -0.39 is 21.5 Å². The van der Waals surface area contributed by atoms with Gasteiger partial charge in [0.05, 0.1) is 12.0 Å². The number of carbonyl (C=O) groups is 3. The molecule has 35 heavy (non-hydrogen) atoms. The van der Waals surface area contributed by atoms with Crippen molar-refractivity contribution in [1.82, 2.24) is 15.9 Å².